The van der Waals surface area contributed by atoms with Crippen LogP contribution in [0.3, 0.4) is 0 Å². The van der Waals surface area contributed by atoms with E-state index in [9.17, 15) is 14.4 Å². The zero-order valence-electron chi connectivity index (χ0n) is 20.3. The summed E-state index contributed by atoms with van der Waals surface area (Å²) in [5.74, 6) is -0.103. The lowest BCUT2D eigenvalue weighted by molar-refractivity contribution is -0.136. The highest BCUT2D eigenvalue weighted by molar-refractivity contribution is 6.31. The molecule has 9 heteroatoms. The van der Waals surface area contributed by atoms with Crippen LogP contribution in [-0.2, 0) is 16.0 Å². The van der Waals surface area contributed by atoms with E-state index in [0.29, 0.717) is 55.1 Å². The number of hydrogen-bond donors (Lipinski definition) is 2. The first-order chi connectivity index (χ1) is 16.8. The molecule has 2 aromatic rings. The van der Waals surface area contributed by atoms with Gasteiger partial charge >= 0.3 is 0 Å². The highest BCUT2D eigenvalue weighted by atomic mass is 35.5. The van der Waals surface area contributed by atoms with E-state index in [4.69, 9.17) is 16.3 Å². The molecule has 1 atom stereocenters. The molecule has 0 aliphatic carbocycles. The van der Waals surface area contributed by atoms with E-state index in [0.717, 1.165) is 5.56 Å². The maximum Gasteiger partial charge on any atom is 0.255 e. The smallest absolute Gasteiger partial charge is 0.255 e. The lowest BCUT2D eigenvalue weighted by atomic mass is 10.1. The van der Waals surface area contributed by atoms with Gasteiger partial charge in [-0.2, -0.15) is 0 Å². The number of aromatic nitrogens is 1. The van der Waals surface area contributed by atoms with Gasteiger partial charge in [-0.15, -0.1) is 0 Å². The summed E-state index contributed by atoms with van der Waals surface area (Å²) in [5.41, 5.74) is 1.33. The number of nitrogens with one attached hydrogen (secondary N) is 2. The molecule has 3 amide bonds. The van der Waals surface area contributed by atoms with Crippen LogP contribution in [0.2, 0.25) is 5.02 Å². The molecule has 35 heavy (non-hydrogen) atoms. The molecule has 0 saturated carbocycles. The topological polar surface area (TPSA) is 101 Å². The quantitative estimate of drug-likeness (QED) is 0.671. The van der Waals surface area contributed by atoms with Crippen LogP contribution < -0.4 is 15.4 Å². The van der Waals surface area contributed by atoms with Crippen LogP contribution >= 0.6 is 11.6 Å². The Morgan fingerprint density at radius 2 is 2.09 bits per heavy atom. The number of rotatable bonds is 4. The Bertz CT molecular complexity index is 1020. The van der Waals surface area contributed by atoms with E-state index in [2.05, 4.69) is 15.6 Å². The average Bonchev–Trinajstić information content (AvgIpc) is 2.84. The van der Waals surface area contributed by atoms with Crippen LogP contribution in [-0.4, -0.2) is 59.9 Å². The number of benzene rings is 1. The molecule has 0 unspecified atom stereocenters. The molecule has 1 aliphatic rings. The predicted octanol–water partition coefficient (Wildman–Crippen LogP) is 3.24. The Kier molecular flexibility index (Phi) is 9.90. The van der Waals surface area contributed by atoms with Crippen molar-refractivity contribution in [3.05, 3.63) is 58.9 Å². The molecule has 3 rings (SSSR count). The number of ether oxygens (including phenoxy) is 1. The fourth-order valence-corrected chi connectivity index (χ4v) is 3.96. The highest BCUT2D eigenvalue weighted by Crippen LogP contribution is 2.23. The summed E-state index contributed by atoms with van der Waals surface area (Å²) in [7, 11) is 0. The first kappa shape index (κ1) is 26.5. The normalized spacial score (nSPS) is 17.9. The number of carbonyl (C=O) groups excluding carboxylic acids is 3. The number of pyridine rings is 1. The van der Waals surface area contributed by atoms with Crippen molar-refractivity contribution in [3.8, 4) is 5.75 Å². The standard InChI is InChI=1S/C26H33ClN4O4/c1-18(2)22-17-35-23-9-8-20(27)14-21(23)26(34)29-12-3-4-13-31(16-24(32)30-22)25(33)10-7-19-6-5-11-28-15-19/h5-6,8-9,11,14-15,18,22H,3-4,7,10,12-13,16-17H2,1-2H3,(H,29,34)(H,30,32)/t22-/m0/s1. The molecule has 2 heterocycles. The van der Waals surface area contributed by atoms with Gasteiger partial charge in [0.1, 0.15) is 12.4 Å². The van der Waals surface area contributed by atoms with E-state index in [1.54, 1.807) is 35.5 Å². The van der Waals surface area contributed by atoms with Gasteiger partial charge in [0.25, 0.3) is 5.91 Å². The van der Waals surface area contributed by atoms with E-state index in [1.807, 2.05) is 26.0 Å². The van der Waals surface area contributed by atoms with Crippen molar-refractivity contribution in [2.24, 2.45) is 5.92 Å². The second-order valence-corrected chi connectivity index (χ2v) is 9.45. The van der Waals surface area contributed by atoms with Crippen LogP contribution in [0.5, 0.6) is 5.75 Å². The van der Waals surface area contributed by atoms with Gasteiger partial charge < -0.3 is 20.3 Å². The van der Waals surface area contributed by atoms with Gasteiger partial charge in [-0.25, -0.2) is 0 Å². The predicted molar refractivity (Wildman–Crippen MR) is 134 cm³/mol. The number of aryl methyl sites for hydroxylation is 1. The summed E-state index contributed by atoms with van der Waals surface area (Å²) in [5, 5.41) is 6.34. The fourth-order valence-electron chi connectivity index (χ4n) is 3.78. The van der Waals surface area contributed by atoms with Gasteiger partial charge in [-0.05, 0) is 55.0 Å². The minimum absolute atomic E-state index is 0.0202. The van der Waals surface area contributed by atoms with E-state index < -0.39 is 0 Å². The van der Waals surface area contributed by atoms with Gasteiger partial charge in [-0.3, -0.25) is 19.4 Å². The molecule has 1 aliphatic heterocycles. The van der Waals surface area contributed by atoms with Crippen LogP contribution in [0.4, 0.5) is 0 Å². The SMILES string of the molecule is CC(C)[C@@H]1COc2ccc(Cl)cc2C(=O)NCCCCN(C(=O)CCc2cccnc2)CC(=O)N1. The fraction of sp³-hybridized carbons (Fsp3) is 0.462. The van der Waals surface area contributed by atoms with Crippen molar-refractivity contribution < 1.29 is 19.1 Å². The third-order valence-electron chi connectivity index (χ3n) is 5.93. The van der Waals surface area contributed by atoms with Crippen LogP contribution in [0.15, 0.2) is 42.7 Å². The first-order valence-corrected chi connectivity index (χ1v) is 12.4. The van der Waals surface area contributed by atoms with Crippen LogP contribution in [0.25, 0.3) is 0 Å². The second kappa shape index (κ2) is 13.1. The van der Waals surface area contributed by atoms with Gasteiger partial charge in [-0.1, -0.05) is 31.5 Å². The molecule has 0 saturated heterocycles. The lowest BCUT2D eigenvalue weighted by Crippen LogP contribution is -2.48. The van der Waals surface area contributed by atoms with Crippen molar-refractivity contribution >= 4 is 29.3 Å². The summed E-state index contributed by atoms with van der Waals surface area (Å²) in [6.07, 6.45) is 5.60. The van der Waals surface area contributed by atoms with Crippen LogP contribution in [0.1, 0.15) is 49.0 Å². The highest BCUT2D eigenvalue weighted by Gasteiger charge is 2.23. The van der Waals surface area contributed by atoms with Crippen LogP contribution in [0, 0.1) is 5.92 Å². The van der Waals surface area contributed by atoms with Crippen molar-refractivity contribution in [2.45, 2.75) is 45.6 Å². The number of amides is 3. The zero-order valence-corrected chi connectivity index (χ0v) is 21.0. The van der Waals surface area contributed by atoms with Gasteiger partial charge in [0.2, 0.25) is 11.8 Å². The molecule has 0 radical (unpaired) electrons. The van der Waals surface area contributed by atoms with E-state index in [1.165, 1.54) is 0 Å². The molecular formula is C26H33ClN4O4. The number of hydrogen-bond acceptors (Lipinski definition) is 5. The third-order valence-corrected chi connectivity index (χ3v) is 6.17. The average molecular weight is 501 g/mol. The maximum atomic E-state index is 13.0. The van der Waals surface area contributed by atoms with Gasteiger partial charge in [0, 0.05) is 36.9 Å². The molecular weight excluding hydrogens is 468 g/mol. The third kappa shape index (κ3) is 8.24. The van der Waals surface area contributed by atoms with E-state index in [-0.39, 0.29) is 42.8 Å². The summed E-state index contributed by atoms with van der Waals surface area (Å²) >= 11 is 6.11. The van der Waals surface area contributed by atoms with Crippen molar-refractivity contribution in [1.82, 2.24) is 20.5 Å². The Labute approximate surface area is 211 Å². The summed E-state index contributed by atoms with van der Waals surface area (Å²) < 4.78 is 5.95. The number of nitrogens with zero attached hydrogens (tertiary/aromatic N) is 2. The first-order valence-electron chi connectivity index (χ1n) is 12.0. The van der Waals surface area contributed by atoms with Gasteiger partial charge in [0.15, 0.2) is 0 Å². The second-order valence-electron chi connectivity index (χ2n) is 9.01. The molecule has 188 valence electrons. The number of carbonyl (C=O) groups is 3. The summed E-state index contributed by atoms with van der Waals surface area (Å²) in [4.78, 5) is 44.3. The molecule has 2 N–H and O–H groups in total. The minimum Gasteiger partial charge on any atom is -0.491 e. The Morgan fingerprint density at radius 3 is 2.83 bits per heavy atom. The summed E-state index contributed by atoms with van der Waals surface area (Å²) in [6, 6.07) is 8.38. The number of halogens is 1. The van der Waals surface area contributed by atoms with E-state index >= 15 is 0 Å². The van der Waals surface area contributed by atoms with Gasteiger partial charge in [0.05, 0.1) is 18.2 Å². The van der Waals surface area contributed by atoms with Crippen molar-refractivity contribution in [2.75, 3.05) is 26.2 Å². The largest absolute Gasteiger partial charge is 0.491 e. The maximum absolute atomic E-state index is 13.0. The molecule has 8 nitrogen and oxygen atoms in total. The zero-order chi connectivity index (χ0) is 25.2. The Hall–Kier alpha value is -3.13. The van der Waals surface area contributed by atoms with Crippen molar-refractivity contribution in [1.29, 1.82) is 0 Å². The molecule has 1 aromatic heterocycles. The molecule has 0 bridgehead atoms. The molecule has 0 fully saturated rings. The Balaban J connectivity index is 1.72. The molecule has 0 spiro atoms. The number of fused-ring (bicyclic) bond motifs is 1. The minimum atomic E-state index is -0.299. The van der Waals surface area contributed by atoms with Crippen molar-refractivity contribution in [3.63, 3.8) is 0 Å². The Morgan fingerprint density at radius 1 is 1.26 bits per heavy atom. The lowest BCUT2D eigenvalue weighted by Gasteiger charge is -2.26. The summed E-state index contributed by atoms with van der Waals surface area (Å²) in [6.45, 7) is 4.99. The monoisotopic (exact) mass is 500 g/mol. The molecule has 1 aromatic carbocycles.